The zero-order chi connectivity index (χ0) is 14.2. The van der Waals surface area contributed by atoms with Crippen LogP contribution >= 0.6 is 0 Å². The van der Waals surface area contributed by atoms with Gasteiger partial charge in [0.2, 0.25) is 0 Å². The van der Waals surface area contributed by atoms with Crippen molar-refractivity contribution in [2.24, 2.45) is 0 Å². The van der Waals surface area contributed by atoms with E-state index in [0.29, 0.717) is 5.92 Å². The molecule has 0 bridgehead atoms. The van der Waals surface area contributed by atoms with Gasteiger partial charge in [0.1, 0.15) is 0 Å². The average molecular weight is 252 g/mol. The summed E-state index contributed by atoms with van der Waals surface area (Å²) < 4.78 is 0. The molecular formula is C19H24. The van der Waals surface area contributed by atoms with Crippen molar-refractivity contribution >= 4 is 0 Å². The van der Waals surface area contributed by atoms with E-state index in [4.69, 9.17) is 0 Å². The van der Waals surface area contributed by atoms with Gasteiger partial charge in [-0.25, -0.2) is 0 Å². The third-order valence-electron chi connectivity index (χ3n) is 3.92. The van der Waals surface area contributed by atoms with E-state index in [1.807, 2.05) is 0 Å². The largest absolute Gasteiger partial charge is 0.0564 e. The molecule has 0 saturated carbocycles. The monoisotopic (exact) mass is 252 g/mol. The van der Waals surface area contributed by atoms with Crippen molar-refractivity contribution in [3.8, 4) is 0 Å². The van der Waals surface area contributed by atoms with Gasteiger partial charge in [-0.15, -0.1) is 0 Å². The van der Waals surface area contributed by atoms with Crippen LogP contribution in [0.4, 0.5) is 0 Å². The van der Waals surface area contributed by atoms with Gasteiger partial charge >= 0.3 is 0 Å². The van der Waals surface area contributed by atoms with Crippen molar-refractivity contribution in [3.63, 3.8) is 0 Å². The van der Waals surface area contributed by atoms with E-state index in [-0.39, 0.29) is 0 Å². The summed E-state index contributed by atoms with van der Waals surface area (Å²) >= 11 is 0. The molecule has 0 N–H and O–H groups in total. The van der Waals surface area contributed by atoms with Crippen LogP contribution in [0, 0.1) is 34.6 Å². The lowest BCUT2D eigenvalue weighted by Gasteiger charge is -2.20. The van der Waals surface area contributed by atoms with Crippen LogP contribution in [-0.2, 0) is 0 Å². The van der Waals surface area contributed by atoms with Crippen molar-refractivity contribution in [1.29, 1.82) is 0 Å². The zero-order valence-electron chi connectivity index (χ0n) is 13.0. The number of benzene rings is 2. The van der Waals surface area contributed by atoms with Crippen molar-refractivity contribution in [2.75, 3.05) is 0 Å². The Balaban J connectivity index is 2.52. The van der Waals surface area contributed by atoms with Crippen LogP contribution < -0.4 is 0 Å². The molecule has 0 spiro atoms. The maximum atomic E-state index is 2.32. The molecule has 0 aromatic heterocycles. The second-order valence-corrected chi connectivity index (χ2v) is 5.96. The van der Waals surface area contributed by atoms with E-state index in [1.165, 1.54) is 38.9 Å². The Morgan fingerprint density at radius 2 is 1.05 bits per heavy atom. The number of hydrogen-bond donors (Lipinski definition) is 0. The summed E-state index contributed by atoms with van der Waals surface area (Å²) in [7, 11) is 0. The third-order valence-corrected chi connectivity index (χ3v) is 3.92. The van der Waals surface area contributed by atoms with Gasteiger partial charge in [0.05, 0.1) is 0 Å². The maximum Gasteiger partial charge on any atom is 0.00664 e. The first kappa shape index (κ1) is 13.9. The standard InChI is InChI=1S/C19H24/c1-12-7-13(2)11-18(10-12)17(6)19-15(4)8-14(3)9-16(19)5/h7-11,17H,1-6H3. The van der Waals surface area contributed by atoms with Gasteiger partial charge in [-0.05, 0) is 56.9 Å². The van der Waals surface area contributed by atoms with E-state index in [1.54, 1.807) is 0 Å². The lowest BCUT2D eigenvalue weighted by molar-refractivity contribution is 0.892. The minimum atomic E-state index is 0.458. The molecule has 19 heavy (non-hydrogen) atoms. The van der Waals surface area contributed by atoms with Crippen LogP contribution in [0.1, 0.15) is 51.8 Å². The fraction of sp³-hybridized carbons (Fsp3) is 0.368. The molecule has 0 amide bonds. The summed E-state index contributed by atoms with van der Waals surface area (Å²) in [5, 5.41) is 0. The van der Waals surface area contributed by atoms with Crippen molar-refractivity contribution in [2.45, 2.75) is 47.5 Å². The topological polar surface area (TPSA) is 0 Å². The SMILES string of the molecule is Cc1cc(C)cc(C(C)c2c(C)cc(C)cc2C)c1. The molecule has 2 aromatic carbocycles. The molecule has 0 nitrogen and oxygen atoms in total. The molecule has 0 aliphatic carbocycles. The molecular weight excluding hydrogens is 228 g/mol. The number of rotatable bonds is 2. The normalized spacial score (nSPS) is 12.5. The van der Waals surface area contributed by atoms with Gasteiger partial charge in [-0.1, -0.05) is 53.9 Å². The molecule has 0 heterocycles. The highest BCUT2D eigenvalue weighted by Gasteiger charge is 2.14. The molecule has 0 fully saturated rings. The molecule has 1 unspecified atom stereocenters. The molecule has 0 aliphatic heterocycles. The number of hydrogen-bond acceptors (Lipinski definition) is 0. The lowest BCUT2D eigenvalue weighted by Crippen LogP contribution is -2.03. The Bertz CT molecular complexity index is 562. The molecule has 2 rings (SSSR count). The average Bonchev–Trinajstić information content (AvgIpc) is 2.25. The smallest absolute Gasteiger partial charge is 0.00664 e. The van der Waals surface area contributed by atoms with Gasteiger partial charge in [0.25, 0.3) is 0 Å². The molecule has 0 aliphatic rings. The van der Waals surface area contributed by atoms with E-state index >= 15 is 0 Å². The summed E-state index contributed by atoms with van der Waals surface area (Å²) in [4.78, 5) is 0. The Labute approximate surface area is 117 Å². The highest BCUT2D eigenvalue weighted by molar-refractivity contribution is 5.45. The minimum absolute atomic E-state index is 0.458. The van der Waals surface area contributed by atoms with Crippen LogP contribution in [0.15, 0.2) is 30.3 Å². The Morgan fingerprint density at radius 3 is 1.53 bits per heavy atom. The molecule has 100 valence electrons. The summed E-state index contributed by atoms with van der Waals surface area (Å²) in [6.45, 7) is 13.3. The van der Waals surface area contributed by atoms with E-state index in [2.05, 4.69) is 71.9 Å². The van der Waals surface area contributed by atoms with E-state index in [9.17, 15) is 0 Å². The van der Waals surface area contributed by atoms with Crippen molar-refractivity contribution < 1.29 is 0 Å². The van der Waals surface area contributed by atoms with Gasteiger partial charge in [0, 0.05) is 5.92 Å². The molecule has 1 atom stereocenters. The molecule has 0 saturated heterocycles. The Morgan fingerprint density at radius 1 is 0.632 bits per heavy atom. The highest BCUT2D eigenvalue weighted by Crippen LogP contribution is 2.31. The van der Waals surface area contributed by atoms with Crippen LogP contribution in [0.3, 0.4) is 0 Å². The summed E-state index contributed by atoms with van der Waals surface area (Å²) in [6.07, 6.45) is 0. The summed E-state index contributed by atoms with van der Waals surface area (Å²) in [5.41, 5.74) is 9.77. The quantitative estimate of drug-likeness (QED) is 0.673. The fourth-order valence-corrected chi connectivity index (χ4v) is 3.30. The fourth-order valence-electron chi connectivity index (χ4n) is 3.30. The van der Waals surface area contributed by atoms with Gasteiger partial charge in [-0.2, -0.15) is 0 Å². The zero-order valence-corrected chi connectivity index (χ0v) is 13.0. The summed E-state index contributed by atoms with van der Waals surface area (Å²) in [5.74, 6) is 0.458. The van der Waals surface area contributed by atoms with Crippen molar-refractivity contribution in [3.05, 3.63) is 69.3 Å². The Kier molecular flexibility index (Phi) is 3.80. The predicted molar refractivity (Wildman–Crippen MR) is 84.1 cm³/mol. The third kappa shape index (κ3) is 2.89. The molecule has 0 heteroatoms. The summed E-state index contributed by atoms with van der Waals surface area (Å²) in [6, 6.07) is 11.5. The molecule has 2 aromatic rings. The minimum Gasteiger partial charge on any atom is -0.0564 e. The van der Waals surface area contributed by atoms with E-state index in [0.717, 1.165) is 0 Å². The first-order valence-corrected chi connectivity index (χ1v) is 7.04. The van der Waals surface area contributed by atoms with Crippen LogP contribution in [0.25, 0.3) is 0 Å². The highest BCUT2D eigenvalue weighted by atomic mass is 14.2. The first-order valence-electron chi connectivity index (χ1n) is 7.04. The van der Waals surface area contributed by atoms with E-state index < -0.39 is 0 Å². The lowest BCUT2D eigenvalue weighted by atomic mass is 9.85. The molecule has 0 radical (unpaired) electrons. The van der Waals surface area contributed by atoms with Crippen LogP contribution in [-0.4, -0.2) is 0 Å². The Hall–Kier alpha value is -1.56. The van der Waals surface area contributed by atoms with Crippen LogP contribution in [0.2, 0.25) is 0 Å². The second kappa shape index (κ2) is 5.21. The van der Waals surface area contributed by atoms with Crippen molar-refractivity contribution in [1.82, 2.24) is 0 Å². The predicted octanol–water partition coefficient (Wildman–Crippen LogP) is 5.38. The van der Waals surface area contributed by atoms with Gasteiger partial charge in [-0.3, -0.25) is 0 Å². The maximum absolute atomic E-state index is 2.32. The second-order valence-electron chi connectivity index (χ2n) is 5.96. The van der Waals surface area contributed by atoms with Gasteiger partial charge < -0.3 is 0 Å². The van der Waals surface area contributed by atoms with Gasteiger partial charge in [0.15, 0.2) is 0 Å². The van der Waals surface area contributed by atoms with Crippen LogP contribution in [0.5, 0.6) is 0 Å². The number of aryl methyl sites for hydroxylation is 5. The first-order chi connectivity index (χ1) is 8.88.